The highest BCUT2D eigenvalue weighted by molar-refractivity contribution is 6.32. The van der Waals surface area contributed by atoms with E-state index in [2.05, 4.69) is 14.5 Å². The Morgan fingerprint density at radius 1 is 1.18 bits per heavy atom. The largest absolute Gasteiger partial charge is 0.384 e. The van der Waals surface area contributed by atoms with Crippen molar-refractivity contribution in [3.63, 3.8) is 0 Å². The van der Waals surface area contributed by atoms with E-state index in [9.17, 15) is 8.78 Å². The molecule has 0 amide bonds. The number of rotatable bonds is 4. The number of halogens is 4. The van der Waals surface area contributed by atoms with Gasteiger partial charge in [0.05, 0.1) is 17.5 Å². The van der Waals surface area contributed by atoms with Crippen LogP contribution in [0.1, 0.15) is 35.5 Å². The van der Waals surface area contributed by atoms with Crippen molar-refractivity contribution in [2.75, 3.05) is 12.8 Å². The van der Waals surface area contributed by atoms with E-state index < -0.39 is 12.0 Å². The molecule has 1 aromatic carbocycles. The van der Waals surface area contributed by atoms with E-state index in [4.69, 9.17) is 33.8 Å². The molecule has 4 heterocycles. The molecule has 1 aliphatic heterocycles. The first-order valence-corrected chi connectivity index (χ1v) is 11.3. The second kappa shape index (κ2) is 7.38. The number of hydrogen-bond acceptors (Lipinski definition) is 4. The van der Waals surface area contributed by atoms with Gasteiger partial charge in [-0.2, -0.15) is 0 Å². The van der Waals surface area contributed by atoms with Crippen molar-refractivity contribution in [1.29, 1.82) is 0 Å². The molecular formula is C24H18Cl2F2N5O+. The molecule has 2 N–H and O–H groups in total. The van der Waals surface area contributed by atoms with Crippen molar-refractivity contribution in [1.82, 2.24) is 14.5 Å². The van der Waals surface area contributed by atoms with Gasteiger partial charge >= 0.3 is 0 Å². The van der Waals surface area contributed by atoms with Gasteiger partial charge in [-0.15, -0.1) is 0 Å². The van der Waals surface area contributed by atoms with Crippen LogP contribution in [0.3, 0.4) is 0 Å². The molecule has 1 unspecified atom stereocenters. The third-order valence-corrected chi connectivity index (χ3v) is 7.15. The molecule has 0 fully saturated rings. The number of fused-ring (bicyclic) bond motifs is 5. The number of aryl methyl sites for hydroxylation is 1. The molecule has 0 bridgehead atoms. The Morgan fingerprint density at radius 2 is 2.00 bits per heavy atom. The van der Waals surface area contributed by atoms with Crippen LogP contribution in [0.2, 0.25) is 10.2 Å². The standard InChI is InChI=1S/C24H18Cl2F2N5O/c1-34-32-11-13(17-9-14(25)2-3-15(17)22(27)28)8-12-6-7-24(20(12)32)23-30-10-18(33(23)24)16-4-5-19(29)31-21(16)26/h2-5,8-11,22H,6-7H2,1H3,(H2,29,31)/q+1. The van der Waals surface area contributed by atoms with Crippen LogP contribution in [0.15, 0.2) is 48.8 Å². The van der Waals surface area contributed by atoms with Gasteiger partial charge in [0.15, 0.2) is 5.54 Å². The first kappa shape index (κ1) is 21.3. The van der Waals surface area contributed by atoms with E-state index in [1.54, 1.807) is 36.4 Å². The van der Waals surface area contributed by atoms with Gasteiger partial charge in [-0.25, -0.2) is 18.7 Å². The lowest BCUT2D eigenvalue weighted by molar-refractivity contribution is -0.891. The highest BCUT2D eigenvalue weighted by atomic mass is 35.5. The summed E-state index contributed by atoms with van der Waals surface area (Å²) in [6.07, 6.45) is 2.36. The molecule has 2 aliphatic rings. The Morgan fingerprint density at radius 3 is 2.74 bits per heavy atom. The fraction of sp³-hybridized carbons (Fsp3) is 0.208. The number of anilines is 1. The summed E-state index contributed by atoms with van der Waals surface area (Å²) in [5.74, 6) is 1.23. The van der Waals surface area contributed by atoms with E-state index in [0.29, 0.717) is 27.1 Å². The predicted octanol–water partition coefficient (Wildman–Crippen LogP) is 4.84. The molecule has 6 rings (SSSR count). The monoisotopic (exact) mass is 500 g/mol. The number of nitrogen functional groups attached to an aromatic ring is 1. The SMILES string of the molecule is CO[n+]1cc(-c2cc(Cl)ccc2C(F)F)cc2c1C1(CC2)c2ncc(-c3ccc(N)nc3Cl)n21. The third-order valence-electron chi connectivity index (χ3n) is 6.63. The quantitative estimate of drug-likeness (QED) is 0.321. The maximum absolute atomic E-state index is 13.7. The Kier molecular flexibility index (Phi) is 4.63. The van der Waals surface area contributed by atoms with Crippen molar-refractivity contribution in [3.05, 3.63) is 81.6 Å². The number of nitrogens with two attached hydrogens (primary N) is 1. The summed E-state index contributed by atoms with van der Waals surface area (Å²) in [5, 5.41) is 0.694. The van der Waals surface area contributed by atoms with Gasteiger partial charge in [0.1, 0.15) is 23.9 Å². The Hall–Kier alpha value is -3.23. The molecule has 6 nitrogen and oxygen atoms in total. The first-order valence-electron chi connectivity index (χ1n) is 10.6. The average molecular weight is 501 g/mol. The molecule has 0 saturated carbocycles. The number of benzene rings is 1. The highest BCUT2D eigenvalue weighted by Crippen LogP contribution is 2.57. The lowest BCUT2D eigenvalue weighted by Gasteiger charge is -2.12. The van der Waals surface area contributed by atoms with E-state index in [-0.39, 0.29) is 5.56 Å². The zero-order chi connectivity index (χ0) is 23.8. The minimum Gasteiger partial charge on any atom is -0.384 e. The van der Waals surface area contributed by atoms with Gasteiger partial charge in [0.25, 0.3) is 12.1 Å². The summed E-state index contributed by atoms with van der Waals surface area (Å²) in [6, 6.07) is 9.86. The molecule has 1 spiro atoms. The lowest BCUT2D eigenvalue weighted by atomic mass is 9.98. The molecule has 34 heavy (non-hydrogen) atoms. The second-order valence-corrected chi connectivity index (χ2v) is 9.17. The summed E-state index contributed by atoms with van der Waals surface area (Å²) in [6.45, 7) is 0. The van der Waals surface area contributed by atoms with Gasteiger partial charge in [-0.1, -0.05) is 29.3 Å². The maximum atomic E-state index is 13.7. The topological polar surface area (TPSA) is 69.8 Å². The molecule has 1 aliphatic carbocycles. The van der Waals surface area contributed by atoms with Crippen LogP contribution in [0.5, 0.6) is 0 Å². The van der Waals surface area contributed by atoms with Crippen LogP contribution < -0.4 is 15.3 Å². The van der Waals surface area contributed by atoms with Crippen molar-refractivity contribution < 1.29 is 18.3 Å². The number of nitrogens with zero attached hydrogens (tertiary/aromatic N) is 4. The first-order chi connectivity index (χ1) is 16.3. The molecule has 0 radical (unpaired) electrons. The fourth-order valence-electron chi connectivity index (χ4n) is 5.16. The van der Waals surface area contributed by atoms with Gasteiger partial charge in [0, 0.05) is 26.4 Å². The van der Waals surface area contributed by atoms with Crippen LogP contribution >= 0.6 is 23.2 Å². The van der Waals surface area contributed by atoms with Crippen molar-refractivity contribution in [3.8, 4) is 22.4 Å². The van der Waals surface area contributed by atoms with E-state index in [1.165, 1.54) is 12.1 Å². The smallest absolute Gasteiger partial charge is 0.271 e. The van der Waals surface area contributed by atoms with Gasteiger partial charge in [-0.05, 0) is 48.7 Å². The van der Waals surface area contributed by atoms with Crippen LogP contribution in [0, 0.1) is 0 Å². The predicted molar refractivity (Wildman–Crippen MR) is 124 cm³/mol. The van der Waals surface area contributed by atoms with E-state index in [0.717, 1.165) is 41.2 Å². The second-order valence-electron chi connectivity index (χ2n) is 8.38. The lowest BCUT2D eigenvalue weighted by Crippen LogP contribution is -2.47. The molecule has 4 aromatic rings. The van der Waals surface area contributed by atoms with Crippen LogP contribution in [-0.4, -0.2) is 21.6 Å². The number of alkyl halides is 2. The van der Waals surface area contributed by atoms with Crippen LogP contribution in [0.25, 0.3) is 22.4 Å². The summed E-state index contributed by atoms with van der Waals surface area (Å²) in [7, 11) is 1.55. The number of pyridine rings is 2. The van der Waals surface area contributed by atoms with Crippen molar-refractivity contribution in [2.24, 2.45) is 0 Å². The summed E-state index contributed by atoms with van der Waals surface area (Å²) in [4.78, 5) is 14.5. The minimum atomic E-state index is -2.63. The molecule has 1 atom stereocenters. The zero-order valence-electron chi connectivity index (χ0n) is 17.9. The number of imidazole rings is 1. The molecule has 172 valence electrons. The zero-order valence-corrected chi connectivity index (χ0v) is 19.4. The highest BCUT2D eigenvalue weighted by Gasteiger charge is 2.65. The summed E-state index contributed by atoms with van der Waals surface area (Å²) >= 11 is 12.5. The number of hydrogen-bond donors (Lipinski definition) is 1. The fourth-order valence-corrected chi connectivity index (χ4v) is 5.59. The Labute approximate surface area is 203 Å². The Balaban J connectivity index is 1.48. The van der Waals surface area contributed by atoms with E-state index >= 15 is 0 Å². The normalized spacial score (nSPS) is 17.8. The van der Waals surface area contributed by atoms with Crippen LogP contribution in [0.4, 0.5) is 14.6 Å². The summed E-state index contributed by atoms with van der Waals surface area (Å²) < 4.78 is 31.2. The van der Waals surface area contributed by atoms with Crippen LogP contribution in [-0.2, 0) is 12.0 Å². The van der Waals surface area contributed by atoms with E-state index in [1.807, 2.05) is 12.1 Å². The van der Waals surface area contributed by atoms with Gasteiger partial charge in [-0.3, -0.25) is 4.84 Å². The van der Waals surface area contributed by atoms with Crippen molar-refractivity contribution >= 4 is 29.0 Å². The molecular weight excluding hydrogens is 483 g/mol. The van der Waals surface area contributed by atoms with Gasteiger partial charge < -0.3 is 10.3 Å². The third kappa shape index (κ3) is 2.88. The minimum absolute atomic E-state index is 0.0770. The molecule has 0 saturated heterocycles. The average Bonchev–Trinajstić information content (AvgIpc) is 3.08. The van der Waals surface area contributed by atoms with Gasteiger partial charge in [0.2, 0.25) is 6.20 Å². The molecule has 3 aromatic heterocycles. The maximum Gasteiger partial charge on any atom is 0.271 e. The Bertz CT molecular complexity index is 1490. The number of aromatic nitrogens is 4. The summed E-state index contributed by atoms with van der Waals surface area (Å²) in [5.41, 5.74) is 9.69. The van der Waals surface area contributed by atoms with Crippen molar-refractivity contribution in [2.45, 2.75) is 24.8 Å². The molecule has 10 heteroatoms.